The smallest absolute Gasteiger partial charge is 0.164 e. The molecule has 0 saturated carbocycles. The maximum Gasteiger partial charge on any atom is 0.164 e. The summed E-state index contributed by atoms with van der Waals surface area (Å²) >= 11 is 0. The second-order valence-corrected chi connectivity index (χ2v) is 13.4. The van der Waals surface area contributed by atoms with Crippen LogP contribution in [0.3, 0.4) is 0 Å². The van der Waals surface area contributed by atoms with E-state index in [1.807, 2.05) is 132 Å². The Balaban J connectivity index is 1.12. The van der Waals surface area contributed by atoms with Crippen molar-refractivity contribution < 1.29 is 5.48 Å². The Kier molecular flexibility index (Phi) is 7.08. The molecule has 0 saturated heterocycles. The SMILES string of the molecule is [2H]c1c([2H])c([2H])c2c(c1[2H])c1cc(-c3ccccc3-c3ccccc3)ccc1n2-c1cccc(-c2cccc(-c3nc(-c4ccccc4)nc(-c4ccccc4)n3)c2)c1. The van der Waals surface area contributed by atoms with Crippen molar-refractivity contribution >= 4 is 21.8 Å². The highest BCUT2D eigenvalue weighted by molar-refractivity contribution is 6.11. The van der Waals surface area contributed by atoms with E-state index >= 15 is 0 Å². The number of benzene rings is 8. The van der Waals surface area contributed by atoms with Crippen LogP contribution in [0.5, 0.6) is 0 Å². The van der Waals surface area contributed by atoms with Crippen molar-refractivity contribution in [3.63, 3.8) is 0 Å². The van der Waals surface area contributed by atoms with E-state index in [1.165, 1.54) is 0 Å². The minimum absolute atomic E-state index is 0.0656. The summed E-state index contributed by atoms with van der Waals surface area (Å²) in [7, 11) is 0. The van der Waals surface area contributed by atoms with Crippen molar-refractivity contribution in [3.8, 4) is 73.2 Å². The highest BCUT2D eigenvalue weighted by Crippen LogP contribution is 2.39. The Morgan fingerprint density at radius 1 is 0.345 bits per heavy atom. The monoisotopic (exact) mass is 706 g/mol. The zero-order chi connectivity index (χ0) is 40.0. The third-order valence-corrected chi connectivity index (χ3v) is 9.98. The maximum absolute atomic E-state index is 9.18. The van der Waals surface area contributed by atoms with E-state index in [9.17, 15) is 1.37 Å². The number of nitrogens with zero attached hydrogens (tertiary/aromatic N) is 4. The second-order valence-electron chi connectivity index (χ2n) is 13.4. The van der Waals surface area contributed by atoms with Gasteiger partial charge in [0.15, 0.2) is 17.5 Å². The van der Waals surface area contributed by atoms with E-state index in [4.69, 9.17) is 19.1 Å². The summed E-state index contributed by atoms with van der Waals surface area (Å²) in [6.45, 7) is 0. The van der Waals surface area contributed by atoms with E-state index in [2.05, 4.69) is 54.6 Å². The molecule has 0 atom stereocenters. The van der Waals surface area contributed by atoms with E-state index in [0.29, 0.717) is 28.4 Å². The van der Waals surface area contributed by atoms with Gasteiger partial charge in [0.05, 0.1) is 16.5 Å². The summed E-state index contributed by atoms with van der Waals surface area (Å²) in [5.74, 6) is 1.73. The third kappa shape index (κ3) is 6.06. The average molecular weight is 707 g/mol. The molecule has 4 nitrogen and oxygen atoms in total. The molecular formula is C51H34N4. The predicted molar refractivity (Wildman–Crippen MR) is 227 cm³/mol. The fraction of sp³-hybridized carbons (Fsp3) is 0. The summed E-state index contributed by atoms with van der Waals surface area (Å²) in [5, 5.41) is 1.23. The minimum Gasteiger partial charge on any atom is -0.309 e. The Morgan fingerprint density at radius 2 is 0.855 bits per heavy atom. The van der Waals surface area contributed by atoms with Crippen LogP contribution in [0.4, 0.5) is 0 Å². The summed E-state index contributed by atoms with van der Waals surface area (Å²) in [6.07, 6.45) is 0. The van der Waals surface area contributed by atoms with Crippen LogP contribution < -0.4 is 0 Å². The number of aromatic nitrogens is 4. The molecule has 0 unspecified atom stereocenters. The first kappa shape index (κ1) is 28.1. The van der Waals surface area contributed by atoms with Crippen molar-refractivity contribution in [1.29, 1.82) is 0 Å². The average Bonchev–Trinajstić information content (AvgIpc) is 3.66. The standard InChI is InChI=1S/C51H34N4/c1-4-16-35(17-5-1)43-26-10-11-27-44(43)40-30-31-48-46(34-40)45-28-12-13-29-47(45)55(48)42-25-15-23-39(33-42)38-22-14-24-41(32-38)51-53-49(36-18-6-2-7-19-36)52-50(54-51)37-20-8-3-9-21-37/h1-34H/i12D,13D,28D,29D. The molecule has 4 heteroatoms. The predicted octanol–water partition coefficient (Wildman–Crippen LogP) is 13.0. The first-order valence-corrected chi connectivity index (χ1v) is 18.2. The molecule has 10 rings (SSSR count). The van der Waals surface area contributed by atoms with E-state index < -0.39 is 0 Å². The number of para-hydroxylation sites is 1. The van der Waals surface area contributed by atoms with E-state index in [1.54, 1.807) is 0 Å². The molecular weight excluding hydrogens is 669 g/mol. The first-order chi connectivity index (χ1) is 28.9. The largest absolute Gasteiger partial charge is 0.309 e. The summed E-state index contributed by atoms with van der Waals surface area (Å²) < 4.78 is 37.6. The van der Waals surface area contributed by atoms with Gasteiger partial charge in [0.2, 0.25) is 0 Å². The lowest BCUT2D eigenvalue weighted by Crippen LogP contribution is -2.00. The normalized spacial score (nSPS) is 12.3. The topological polar surface area (TPSA) is 43.6 Å². The lowest BCUT2D eigenvalue weighted by atomic mass is 9.94. The van der Waals surface area contributed by atoms with Gasteiger partial charge >= 0.3 is 0 Å². The number of rotatable bonds is 7. The lowest BCUT2D eigenvalue weighted by Gasteiger charge is -2.13. The van der Waals surface area contributed by atoms with Gasteiger partial charge in [-0.15, -0.1) is 0 Å². The van der Waals surface area contributed by atoms with Gasteiger partial charge in [-0.05, 0) is 69.8 Å². The molecule has 0 fully saturated rings. The van der Waals surface area contributed by atoms with Crippen LogP contribution in [0.25, 0.3) is 95.0 Å². The molecule has 0 N–H and O–H groups in total. The molecule has 0 bridgehead atoms. The van der Waals surface area contributed by atoms with Crippen LogP contribution in [0.15, 0.2) is 206 Å². The summed E-state index contributed by atoms with van der Waals surface area (Å²) in [6, 6.07) is 60.0. The molecule has 0 radical (unpaired) electrons. The Bertz CT molecular complexity index is 3140. The quantitative estimate of drug-likeness (QED) is 0.166. The molecule has 0 aliphatic rings. The van der Waals surface area contributed by atoms with Crippen LogP contribution in [0.2, 0.25) is 0 Å². The van der Waals surface area contributed by atoms with Gasteiger partial charge in [-0.2, -0.15) is 0 Å². The lowest BCUT2D eigenvalue weighted by molar-refractivity contribution is 1.07. The van der Waals surface area contributed by atoms with Gasteiger partial charge in [-0.1, -0.05) is 170 Å². The molecule has 8 aromatic carbocycles. The number of hydrogen-bond donors (Lipinski definition) is 0. The van der Waals surface area contributed by atoms with Gasteiger partial charge in [-0.3, -0.25) is 0 Å². The van der Waals surface area contributed by atoms with Crippen LogP contribution in [-0.4, -0.2) is 19.5 Å². The number of fused-ring (bicyclic) bond motifs is 3. The van der Waals surface area contributed by atoms with Crippen LogP contribution in [0.1, 0.15) is 5.48 Å². The molecule has 0 aliphatic carbocycles. The minimum atomic E-state index is -0.271. The van der Waals surface area contributed by atoms with Crippen molar-refractivity contribution in [2.75, 3.05) is 0 Å². The fourth-order valence-electron chi connectivity index (χ4n) is 7.36. The molecule has 2 heterocycles. The van der Waals surface area contributed by atoms with Gasteiger partial charge in [0.1, 0.15) is 0 Å². The molecule has 10 aromatic rings. The van der Waals surface area contributed by atoms with Crippen molar-refractivity contribution in [3.05, 3.63) is 206 Å². The molecule has 55 heavy (non-hydrogen) atoms. The Morgan fingerprint density at radius 3 is 1.53 bits per heavy atom. The van der Waals surface area contributed by atoms with Crippen molar-refractivity contribution in [2.24, 2.45) is 0 Å². The molecule has 0 aliphatic heterocycles. The maximum atomic E-state index is 9.18. The molecule has 0 amide bonds. The zero-order valence-electron chi connectivity index (χ0n) is 33.6. The molecule has 0 spiro atoms. The first-order valence-electron chi connectivity index (χ1n) is 20.2. The van der Waals surface area contributed by atoms with E-state index in [0.717, 1.165) is 66.7 Å². The Labute approximate surface area is 325 Å². The van der Waals surface area contributed by atoms with E-state index in [-0.39, 0.29) is 24.2 Å². The van der Waals surface area contributed by atoms with Gasteiger partial charge < -0.3 is 4.57 Å². The fourth-order valence-corrected chi connectivity index (χ4v) is 7.36. The third-order valence-electron chi connectivity index (χ3n) is 9.98. The van der Waals surface area contributed by atoms with Gasteiger partial charge in [0, 0.05) is 33.2 Å². The molecule has 258 valence electrons. The van der Waals surface area contributed by atoms with Crippen molar-refractivity contribution in [2.45, 2.75) is 0 Å². The second kappa shape index (κ2) is 13.8. The zero-order valence-corrected chi connectivity index (χ0v) is 29.6. The highest BCUT2D eigenvalue weighted by Gasteiger charge is 2.16. The Hall–Kier alpha value is -7.43. The van der Waals surface area contributed by atoms with Crippen LogP contribution >= 0.6 is 0 Å². The van der Waals surface area contributed by atoms with Gasteiger partial charge in [0.25, 0.3) is 0 Å². The van der Waals surface area contributed by atoms with Crippen molar-refractivity contribution in [1.82, 2.24) is 19.5 Å². The number of hydrogen-bond acceptors (Lipinski definition) is 3. The summed E-state index contributed by atoms with van der Waals surface area (Å²) in [5.41, 5.74) is 10.6. The van der Waals surface area contributed by atoms with Crippen LogP contribution in [0, 0.1) is 0 Å². The van der Waals surface area contributed by atoms with Gasteiger partial charge in [-0.25, -0.2) is 15.0 Å². The van der Waals surface area contributed by atoms with Crippen LogP contribution in [-0.2, 0) is 0 Å². The molecule has 2 aromatic heterocycles. The summed E-state index contributed by atoms with van der Waals surface area (Å²) in [4.78, 5) is 14.8. The highest BCUT2D eigenvalue weighted by atomic mass is 15.0.